The molecule has 0 aliphatic heterocycles. The zero-order chi connectivity index (χ0) is 15.0. The minimum absolute atomic E-state index is 0.104. The van der Waals surface area contributed by atoms with Crippen LogP contribution in [0.2, 0.25) is 0 Å². The summed E-state index contributed by atoms with van der Waals surface area (Å²) in [5.41, 5.74) is 4.30. The molecule has 21 heavy (non-hydrogen) atoms. The zero-order valence-corrected chi connectivity index (χ0v) is 13.0. The van der Waals surface area contributed by atoms with Crippen LogP contribution >= 0.6 is 0 Å². The van der Waals surface area contributed by atoms with E-state index in [2.05, 4.69) is 37.3 Å². The van der Waals surface area contributed by atoms with Crippen LogP contribution < -0.4 is 5.32 Å². The minimum Gasteiger partial charge on any atom is -0.459 e. The molecule has 110 valence electrons. The molecule has 1 aromatic carbocycles. The fourth-order valence-electron chi connectivity index (χ4n) is 2.82. The molecule has 1 unspecified atom stereocenters. The van der Waals surface area contributed by atoms with E-state index in [9.17, 15) is 0 Å². The van der Waals surface area contributed by atoms with Gasteiger partial charge in [-0.15, -0.1) is 0 Å². The fourth-order valence-corrected chi connectivity index (χ4v) is 2.82. The average molecular weight is 283 g/mol. The molecular weight excluding hydrogens is 262 g/mol. The molecule has 4 nitrogen and oxygen atoms in total. The second-order valence-electron chi connectivity index (χ2n) is 5.47. The molecule has 0 spiro atoms. The summed E-state index contributed by atoms with van der Waals surface area (Å²) in [4.78, 5) is 0. The van der Waals surface area contributed by atoms with Crippen molar-refractivity contribution >= 4 is 16.7 Å². The molecule has 0 aliphatic carbocycles. The van der Waals surface area contributed by atoms with E-state index in [1.54, 1.807) is 0 Å². The Hall–Kier alpha value is -2.23. The van der Waals surface area contributed by atoms with Gasteiger partial charge in [0.15, 0.2) is 0 Å². The number of nitrogens with zero attached hydrogens (tertiary/aromatic N) is 2. The van der Waals surface area contributed by atoms with E-state index >= 15 is 0 Å². The van der Waals surface area contributed by atoms with Gasteiger partial charge in [-0.1, -0.05) is 25.1 Å². The molecule has 0 saturated carbocycles. The first kappa shape index (κ1) is 13.7. The summed E-state index contributed by atoms with van der Waals surface area (Å²) in [6.45, 7) is 6.35. The van der Waals surface area contributed by atoms with Gasteiger partial charge in [-0.3, -0.25) is 4.68 Å². The highest BCUT2D eigenvalue weighted by molar-refractivity contribution is 5.82. The van der Waals surface area contributed by atoms with Crippen molar-refractivity contribution in [3.05, 3.63) is 47.5 Å². The van der Waals surface area contributed by atoms with Gasteiger partial charge in [0.1, 0.15) is 11.3 Å². The number of aromatic nitrogens is 2. The van der Waals surface area contributed by atoms with Crippen LogP contribution in [0.3, 0.4) is 0 Å². The molecule has 1 N–H and O–H groups in total. The van der Waals surface area contributed by atoms with E-state index in [0.29, 0.717) is 0 Å². The van der Waals surface area contributed by atoms with Crippen LogP contribution in [0.25, 0.3) is 11.0 Å². The minimum atomic E-state index is 0.104. The van der Waals surface area contributed by atoms with Crippen molar-refractivity contribution in [2.75, 3.05) is 5.32 Å². The normalized spacial score (nSPS) is 12.8. The van der Waals surface area contributed by atoms with Gasteiger partial charge in [0.25, 0.3) is 0 Å². The van der Waals surface area contributed by atoms with Crippen LogP contribution in [0.4, 0.5) is 5.69 Å². The highest BCUT2D eigenvalue weighted by Gasteiger charge is 2.18. The summed E-state index contributed by atoms with van der Waals surface area (Å²) >= 11 is 0. The lowest BCUT2D eigenvalue weighted by Gasteiger charge is -2.13. The van der Waals surface area contributed by atoms with Crippen LogP contribution in [-0.2, 0) is 13.5 Å². The second kappa shape index (κ2) is 5.28. The summed E-state index contributed by atoms with van der Waals surface area (Å²) in [6, 6.07) is 8.27. The van der Waals surface area contributed by atoms with Crippen molar-refractivity contribution in [3.8, 4) is 0 Å². The molecule has 0 fully saturated rings. The number of benzene rings is 1. The third kappa shape index (κ3) is 2.42. The maximum Gasteiger partial charge on any atom is 0.134 e. The zero-order valence-electron chi connectivity index (χ0n) is 13.0. The standard InChI is InChI=1S/C17H21N3O/c1-5-14-15(10-20(4)19-14)18-12(3)17-11(2)13-8-6-7-9-16(13)21-17/h6-10,12,18H,5H2,1-4H3. The summed E-state index contributed by atoms with van der Waals surface area (Å²) in [5.74, 6) is 0.988. The van der Waals surface area contributed by atoms with Gasteiger partial charge in [-0.05, 0) is 26.3 Å². The number of hydrogen-bond acceptors (Lipinski definition) is 3. The van der Waals surface area contributed by atoms with E-state index in [4.69, 9.17) is 4.42 Å². The Labute approximate surface area is 124 Å². The summed E-state index contributed by atoms with van der Waals surface area (Å²) in [5, 5.41) is 9.17. The molecule has 2 aromatic heterocycles. The number of furan rings is 1. The fraction of sp³-hybridized carbons (Fsp3) is 0.353. The topological polar surface area (TPSA) is 43.0 Å². The Morgan fingerprint density at radius 2 is 2.10 bits per heavy atom. The van der Waals surface area contributed by atoms with Gasteiger partial charge in [0, 0.05) is 24.2 Å². The van der Waals surface area contributed by atoms with Crippen LogP contribution in [0.15, 0.2) is 34.9 Å². The number of rotatable bonds is 4. The first-order chi connectivity index (χ1) is 10.1. The summed E-state index contributed by atoms with van der Waals surface area (Å²) in [6.07, 6.45) is 2.93. The predicted molar refractivity (Wildman–Crippen MR) is 85.6 cm³/mol. The molecule has 0 aliphatic rings. The molecule has 1 atom stereocenters. The van der Waals surface area contributed by atoms with Crippen molar-refractivity contribution in [3.63, 3.8) is 0 Å². The van der Waals surface area contributed by atoms with Gasteiger partial charge >= 0.3 is 0 Å². The van der Waals surface area contributed by atoms with Crippen molar-refractivity contribution in [2.24, 2.45) is 7.05 Å². The van der Waals surface area contributed by atoms with Crippen LogP contribution in [0, 0.1) is 6.92 Å². The first-order valence-corrected chi connectivity index (χ1v) is 7.37. The molecule has 0 amide bonds. The Kier molecular flexibility index (Phi) is 3.45. The second-order valence-corrected chi connectivity index (χ2v) is 5.47. The summed E-state index contributed by atoms with van der Waals surface area (Å²) in [7, 11) is 1.95. The van der Waals surface area contributed by atoms with E-state index in [1.165, 1.54) is 10.9 Å². The Morgan fingerprint density at radius 1 is 1.33 bits per heavy atom. The number of anilines is 1. The number of nitrogens with one attached hydrogen (secondary N) is 1. The lowest BCUT2D eigenvalue weighted by atomic mass is 10.1. The third-order valence-corrected chi connectivity index (χ3v) is 3.89. The maximum atomic E-state index is 6.02. The van der Waals surface area contributed by atoms with Gasteiger partial charge in [-0.2, -0.15) is 5.10 Å². The Morgan fingerprint density at radius 3 is 2.81 bits per heavy atom. The maximum absolute atomic E-state index is 6.02. The van der Waals surface area contributed by atoms with Crippen molar-refractivity contribution in [2.45, 2.75) is 33.2 Å². The predicted octanol–water partition coefficient (Wildman–Crippen LogP) is 4.21. The van der Waals surface area contributed by atoms with E-state index in [1.807, 2.05) is 36.1 Å². The molecule has 0 bridgehead atoms. The third-order valence-electron chi connectivity index (χ3n) is 3.89. The van der Waals surface area contributed by atoms with Crippen molar-refractivity contribution < 1.29 is 4.42 Å². The molecule has 3 rings (SSSR count). The number of para-hydroxylation sites is 1. The van der Waals surface area contributed by atoms with E-state index in [0.717, 1.165) is 29.1 Å². The first-order valence-electron chi connectivity index (χ1n) is 7.37. The number of hydrogen-bond donors (Lipinski definition) is 1. The van der Waals surface area contributed by atoms with Crippen LogP contribution in [0.1, 0.15) is 36.9 Å². The lowest BCUT2D eigenvalue weighted by Crippen LogP contribution is -2.07. The number of aryl methyl sites for hydroxylation is 3. The van der Waals surface area contributed by atoms with Crippen LogP contribution in [-0.4, -0.2) is 9.78 Å². The molecular formula is C17H21N3O. The van der Waals surface area contributed by atoms with Crippen molar-refractivity contribution in [1.29, 1.82) is 0 Å². The molecule has 4 heteroatoms. The Balaban J connectivity index is 1.93. The largest absolute Gasteiger partial charge is 0.459 e. The molecule has 0 radical (unpaired) electrons. The van der Waals surface area contributed by atoms with E-state index in [-0.39, 0.29) is 6.04 Å². The lowest BCUT2D eigenvalue weighted by molar-refractivity contribution is 0.522. The quantitative estimate of drug-likeness (QED) is 0.780. The molecule has 3 aromatic rings. The van der Waals surface area contributed by atoms with Crippen molar-refractivity contribution in [1.82, 2.24) is 9.78 Å². The number of fused-ring (bicyclic) bond motifs is 1. The smallest absolute Gasteiger partial charge is 0.134 e. The summed E-state index contributed by atoms with van der Waals surface area (Å²) < 4.78 is 7.87. The Bertz CT molecular complexity index is 770. The van der Waals surface area contributed by atoms with Gasteiger partial charge in [0.2, 0.25) is 0 Å². The average Bonchev–Trinajstić information content (AvgIpc) is 3.00. The monoisotopic (exact) mass is 283 g/mol. The van der Waals surface area contributed by atoms with E-state index < -0.39 is 0 Å². The molecule has 0 saturated heterocycles. The van der Waals surface area contributed by atoms with Gasteiger partial charge in [0.05, 0.1) is 17.4 Å². The highest BCUT2D eigenvalue weighted by atomic mass is 16.3. The highest BCUT2D eigenvalue weighted by Crippen LogP contribution is 2.31. The SMILES string of the molecule is CCc1nn(C)cc1NC(C)c1oc2ccccc2c1C. The van der Waals surface area contributed by atoms with Gasteiger partial charge < -0.3 is 9.73 Å². The van der Waals surface area contributed by atoms with Gasteiger partial charge in [-0.25, -0.2) is 0 Å². The van der Waals surface area contributed by atoms with Crippen LogP contribution in [0.5, 0.6) is 0 Å². The molecule has 2 heterocycles.